The topological polar surface area (TPSA) is 125 Å². The number of nitrogens with one attached hydrogen (secondary N) is 3. The first-order valence-corrected chi connectivity index (χ1v) is 10.1. The lowest BCUT2D eigenvalue weighted by molar-refractivity contribution is 0.553. The molecule has 3 N–H and O–H groups in total. The van der Waals surface area contributed by atoms with Gasteiger partial charge in [-0.2, -0.15) is 0 Å². The Kier molecular flexibility index (Phi) is 4.40. The van der Waals surface area contributed by atoms with E-state index in [0.717, 1.165) is 16.5 Å². The van der Waals surface area contributed by atoms with Crippen molar-refractivity contribution < 1.29 is 12.8 Å². The Bertz CT molecular complexity index is 1410. The highest BCUT2D eigenvalue weighted by molar-refractivity contribution is 7.89. The third-order valence-corrected chi connectivity index (χ3v) is 5.92. The van der Waals surface area contributed by atoms with Crippen LogP contribution in [0.1, 0.15) is 11.1 Å². The van der Waals surface area contributed by atoms with E-state index in [1.165, 1.54) is 18.2 Å². The molecule has 0 bridgehead atoms. The molecule has 0 atom stereocenters. The van der Waals surface area contributed by atoms with Gasteiger partial charge in [0.1, 0.15) is 0 Å². The van der Waals surface area contributed by atoms with Crippen molar-refractivity contribution in [2.45, 2.75) is 18.2 Å². The van der Waals surface area contributed by atoms with Crippen LogP contribution < -0.4 is 16.0 Å². The second-order valence-corrected chi connectivity index (χ2v) is 8.30. The van der Waals surface area contributed by atoms with Crippen molar-refractivity contribution in [2.75, 3.05) is 6.54 Å². The number of sulfonamides is 1. The van der Waals surface area contributed by atoms with Gasteiger partial charge in [-0.3, -0.25) is 9.78 Å². The van der Waals surface area contributed by atoms with E-state index in [1.807, 2.05) is 25.1 Å². The zero-order valence-corrected chi connectivity index (χ0v) is 15.7. The number of benzene rings is 2. The molecule has 0 aliphatic heterocycles. The number of hydrogen-bond acceptors (Lipinski definition) is 5. The van der Waals surface area contributed by atoms with Crippen LogP contribution in [0.25, 0.3) is 22.0 Å². The molecule has 4 rings (SSSR count). The molecule has 0 aliphatic carbocycles. The van der Waals surface area contributed by atoms with Crippen LogP contribution in [0, 0.1) is 6.92 Å². The predicted octanol–water partition coefficient (Wildman–Crippen LogP) is 1.79. The quantitative estimate of drug-likeness (QED) is 0.472. The lowest BCUT2D eigenvalue weighted by Crippen LogP contribution is -2.27. The van der Waals surface area contributed by atoms with Crippen LogP contribution in [0.5, 0.6) is 0 Å². The minimum atomic E-state index is -3.81. The molecule has 0 amide bonds. The average molecular weight is 399 g/mol. The van der Waals surface area contributed by atoms with E-state index in [0.29, 0.717) is 11.1 Å². The second-order valence-electron chi connectivity index (χ2n) is 6.53. The fraction of sp³-hybridized carbons (Fsp3) is 0.158. The van der Waals surface area contributed by atoms with E-state index in [4.69, 9.17) is 4.42 Å². The van der Waals surface area contributed by atoms with Gasteiger partial charge in [0.25, 0.3) is 5.56 Å². The molecule has 2 aromatic carbocycles. The number of H-pyrrole nitrogens is 2. The van der Waals surface area contributed by atoms with Gasteiger partial charge >= 0.3 is 5.76 Å². The van der Waals surface area contributed by atoms with E-state index in [2.05, 4.69) is 14.7 Å². The molecule has 0 unspecified atom stereocenters. The van der Waals surface area contributed by atoms with Crippen LogP contribution in [0.3, 0.4) is 0 Å². The standard InChI is InChI=1S/C19H17N3O5S/c1-11-2-4-15-13(8-11)9-12(18(23)21-15)6-7-20-28(25,26)14-3-5-16-17(10-14)27-19(24)22-16/h2-5,8-10,20H,6-7H2,1H3,(H,21,23)(H,22,24). The Labute approximate surface area is 159 Å². The summed E-state index contributed by atoms with van der Waals surface area (Å²) < 4.78 is 32.3. The number of hydrogen-bond donors (Lipinski definition) is 3. The molecule has 0 radical (unpaired) electrons. The maximum absolute atomic E-state index is 12.5. The number of rotatable bonds is 5. The summed E-state index contributed by atoms with van der Waals surface area (Å²) in [6, 6.07) is 11.6. The second kappa shape index (κ2) is 6.77. The number of fused-ring (bicyclic) bond motifs is 2. The molecule has 2 aromatic heterocycles. The maximum Gasteiger partial charge on any atom is 0.417 e. The van der Waals surface area contributed by atoms with E-state index in [-0.39, 0.29) is 29.0 Å². The van der Waals surface area contributed by atoms with E-state index in [9.17, 15) is 18.0 Å². The number of aromatic amines is 2. The molecule has 0 fully saturated rings. The van der Waals surface area contributed by atoms with E-state index < -0.39 is 15.8 Å². The van der Waals surface area contributed by atoms with E-state index >= 15 is 0 Å². The summed E-state index contributed by atoms with van der Waals surface area (Å²) in [5.74, 6) is -0.650. The SMILES string of the molecule is Cc1ccc2[nH]c(=O)c(CCNS(=O)(=O)c3ccc4[nH]c(=O)oc4c3)cc2c1. The summed E-state index contributed by atoms with van der Waals surface area (Å²) in [6.45, 7) is 2.01. The van der Waals surface area contributed by atoms with Crippen LogP contribution in [0.15, 0.2) is 61.4 Å². The van der Waals surface area contributed by atoms with E-state index in [1.54, 1.807) is 6.07 Å². The zero-order chi connectivity index (χ0) is 19.9. The largest absolute Gasteiger partial charge is 0.417 e. The first kappa shape index (κ1) is 18.2. The summed E-state index contributed by atoms with van der Waals surface area (Å²) >= 11 is 0. The molecular formula is C19H17N3O5S. The molecule has 8 nitrogen and oxygen atoms in total. The van der Waals surface area contributed by atoms with Crippen molar-refractivity contribution in [3.05, 3.63) is 74.5 Å². The summed E-state index contributed by atoms with van der Waals surface area (Å²) in [4.78, 5) is 28.7. The first-order valence-electron chi connectivity index (χ1n) is 8.57. The number of aryl methyl sites for hydroxylation is 1. The Morgan fingerprint density at radius 1 is 1.00 bits per heavy atom. The molecule has 144 valence electrons. The molecule has 0 saturated heterocycles. The first-order chi connectivity index (χ1) is 13.3. The Hall–Kier alpha value is -3.17. The van der Waals surface area contributed by atoms with Gasteiger partial charge in [-0.25, -0.2) is 17.9 Å². The highest BCUT2D eigenvalue weighted by atomic mass is 32.2. The highest BCUT2D eigenvalue weighted by Gasteiger charge is 2.16. The Morgan fingerprint density at radius 3 is 2.61 bits per heavy atom. The normalized spacial score (nSPS) is 12.0. The van der Waals surface area contributed by atoms with Crippen LogP contribution >= 0.6 is 0 Å². The molecule has 28 heavy (non-hydrogen) atoms. The fourth-order valence-electron chi connectivity index (χ4n) is 3.05. The fourth-order valence-corrected chi connectivity index (χ4v) is 4.10. The van der Waals surface area contributed by atoms with Crippen LogP contribution in [-0.4, -0.2) is 24.9 Å². The minimum absolute atomic E-state index is 0.0224. The van der Waals surface area contributed by atoms with Gasteiger partial charge in [0.05, 0.1) is 10.4 Å². The van der Waals surface area contributed by atoms with Crippen LogP contribution in [-0.2, 0) is 16.4 Å². The lowest BCUT2D eigenvalue weighted by Gasteiger charge is -2.07. The summed E-state index contributed by atoms with van der Waals surface area (Å²) in [6.07, 6.45) is 0.236. The van der Waals surface area contributed by atoms with Crippen molar-refractivity contribution in [3.63, 3.8) is 0 Å². The molecule has 9 heteroatoms. The summed E-state index contributed by atoms with van der Waals surface area (Å²) in [7, 11) is -3.81. The van der Waals surface area contributed by atoms with Crippen molar-refractivity contribution >= 4 is 32.0 Å². The molecule has 2 heterocycles. The lowest BCUT2D eigenvalue weighted by atomic mass is 10.1. The third kappa shape index (κ3) is 3.49. The average Bonchev–Trinajstić information content (AvgIpc) is 3.01. The predicted molar refractivity (Wildman–Crippen MR) is 105 cm³/mol. The Morgan fingerprint density at radius 2 is 1.79 bits per heavy atom. The van der Waals surface area contributed by atoms with Crippen LogP contribution in [0.2, 0.25) is 0 Å². The third-order valence-electron chi connectivity index (χ3n) is 4.47. The van der Waals surface area contributed by atoms with Gasteiger partial charge in [0, 0.05) is 23.7 Å². The zero-order valence-electron chi connectivity index (χ0n) is 14.9. The van der Waals surface area contributed by atoms with Crippen molar-refractivity contribution in [1.82, 2.24) is 14.7 Å². The van der Waals surface area contributed by atoms with Gasteiger partial charge in [-0.1, -0.05) is 11.6 Å². The molecule has 4 aromatic rings. The maximum atomic E-state index is 12.5. The van der Waals surface area contributed by atoms with Gasteiger partial charge < -0.3 is 9.40 Å². The molecule has 0 spiro atoms. The summed E-state index contributed by atoms with van der Waals surface area (Å²) in [5.41, 5.74) is 2.63. The molecule has 0 saturated carbocycles. The van der Waals surface area contributed by atoms with Crippen LogP contribution in [0.4, 0.5) is 0 Å². The monoisotopic (exact) mass is 399 g/mol. The van der Waals surface area contributed by atoms with Crippen molar-refractivity contribution in [2.24, 2.45) is 0 Å². The van der Waals surface area contributed by atoms with Gasteiger partial charge in [-0.15, -0.1) is 0 Å². The molecular weight excluding hydrogens is 382 g/mol. The minimum Gasteiger partial charge on any atom is -0.408 e. The highest BCUT2D eigenvalue weighted by Crippen LogP contribution is 2.17. The number of oxazole rings is 1. The summed E-state index contributed by atoms with van der Waals surface area (Å²) in [5, 5.41) is 0.894. The van der Waals surface area contributed by atoms with Gasteiger partial charge in [-0.05, 0) is 49.1 Å². The van der Waals surface area contributed by atoms with Gasteiger partial charge in [0.15, 0.2) is 5.58 Å². The van der Waals surface area contributed by atoms with Gasteiger partial charge in [0.2, 0.25) is 10.0 Å². The van der Waals surface area contributed by atoms with Crippen molar-refractivity contribution in [3.8, 4) is 0 Å². The number of aromatic nitrogens is 2. The number of pyridine rings is 1. The van der Waals surface area contributed by atoms with Crippen molar-refractivity contribution in [1.29, 1.82) is 0 Å². The Balaban J connectivity index is 1.53. The molecule has 0 aliphatic rings. The smallest absolute Gasteiger partial charge is 0.408 e.